The normalized spacial score (nSPS) is 30.2. The predicted octanol–water partition coefficient (Wildman–Crippen LogP) is 7.59. The molecular weight excluding hydrogens is 312 g/mol. The lowest BCUT2D eigenvalue weighted by Gasteiger charge is -2.42. The van der Waals surface area contributed by atoms with Crippen molar-refractivity contribution in [2.75, 3.05) is 0 Å². The molecule has 4 atom stereocenters. The van der Waals surface area contributed by atoms with Crippen LogP contribution in [0.1, 0.15) is 69.8 Å². The molecule has 2 unspecified atom stereocenters. The van der Waals surface area contributed by atoms with Gasteiger partial charge in [0.05, 0.1) is 0 Å². The molecule has 2 aliphatic carbocycles. The van der Waals surface area contributed by atoms with E-state index in [1.807, 2.05) is 6.07 Å². The maximum atomic E-state index is 6.12. The molecule has 2 saturated carbocycles. The average molecular weight is 341 g/mol. The van der Waals surface area contributed by atoms with Crippen LogP contribution in [0.15, 0.2) is 36.4 Å². The number of rotatable bonds is 3. The molecule has 128 valence electrons. The Morgan fingerprint density at radius 3 is 2.50 bits per heavy atom. The summed E-state index contributed by atoms with van der Waals surface area (Å²) in [7, 11) is 0. The minimum absolute atomic E-state index is 0.772. The summed E-state index contributed by atoms with van der Waals surface area (Å²) in [5, 5.41) is 3.44. The molecule has 0 amide bonds. The monoisotopic (exact) mass is 340 g/mol. The zero-order valence-electron chi connectivity index (χ0n) is 14.8. The first-order valence-electron chi connectivity index (χ1n) is 9.92. The van der Waals surface area contributed by atoms with Gasteiger partial charge in [0.2, 0.25) is 0 Å². The highest BCUT2D eigenvalue weighted by molar-refractivity contribution is 6.31. The zero-order valence-corrected chi connectivity index (χ0v) is 15.6. The van der Waals surface area contributed by atoms with Crippen LogP contribution in [0.3, 0.4) is 0 Å². The SMILES string of the molecule is CCC[C@@H]1CC[C@@H]2CC(c3ccc4cc(Cl)ccc4c3)CCC2C1. The predicted molar refractivity (Wildman–Crippen MR) is 105 cm³/mol. The Hall–Kier alpha value is -1.01. The quantitative estimate of drug-likeness (QED) is 0.539. The molecule has 2 aliphatic rings. The summed E-state index contributed by atoms with van der Waals surface area (Å²) in [6.45, 7) is 2.34. The number of halogens is 1. The lowest BCUT2D eigenvalue weighted by molar-refractivity contribution is 0.114. The lowest BCUT2D eigenvalue weighted by atomic mass is 9.63. The van der Waals surface area contributed by atoms with Gasteiger partial charge in [0, 0.05) is 5.02 Å². The van der Waals surface area contributed by atoms with E-state index in [9.17, 15) is 0 Å². The van der Waals surface area contributed by atoms with Crippen molar-refractivity contribution in [2.24, 2.45) is 17.8 Å². The molecule has 2 fully saturated rings. The van der Waals surface area contributed by atoms with Gasteiger partial charge in [-0.2, -0.15) is 0 Å². The largest absolute Gasteiger partial charge is 0.0843 e. The zero-order chi connectivity index (χ0) is 16.5. The van der Waals surface area contributed by atoms with Gasteiger partial charge in [0.15, 0.2) is 0 Å². The summed E-state index contributed by atoms with van der Waals surface area (Å²) in [6.07, 6.45) is 11.6. The van der Waals surface area contributed by atoms with Gasteiger partial charge in [-0.15, -0.1) is 0 Å². The van der Waals surface area contributed by atoms with Crippen molar-refractivity contribution >= 4 is 22.4 Å². The molecule has 0 heterocycles. The van der Waals surface area contributed by atoms with E-state index < -0.39 is 0 Å². The minimum atomic E-state index is 0.772. The van der Waals surface area contributed by atoms with Gasteiger partial charge in [-0.3, -0.25) is 0 Å². The topological polar surface area (TPSA) is 0 Å². The van der Waals surface area contributed by atoms with Crippen molar-refractivity contribution in [1.29, 1.82) is 0 Å². The standard InChI is InChI=1S/C23H29Cl/c1-2-3-16-4-5-18-13-19(7-6-17(18)12-16)20-8-9-22-15-23(24)11-10-21(22)14-20/h8-11,14-19H,2-7,12-13H2,1H3/t16-,17?,18-,19?/m1/s1. The van der Waals surface area contributed by atoms with E-state index in [2.05, 4.69) is 37.3 Å². The first-order chi connectivity index (χ1) is 11.7. The second-order valence-electron chi connectivity index (χ2n) is 8.25. The van der Waals surface area contributed by atoms with Crippen LogP contribution >= 0.6 is 11.6 Å². The third kappa shape index (κ3) is 3.36. The molecule has 2 aromatic rings. The number of benzene rings is 2. The Morgan fingerprint density at radius 2 is 1.62 bits per heavy atom. The number of hydrogen-bond donors (Lipinski definition) is 0. The molecule has 0 aliphatic heterocycles. The number of fused-ring (bicyclic) bond motifs is 2. The van der Waals surface area contributed by atoms with Crippen LogP contribution in [-0.2, 0) is 0 Å². The van der Waals surface area contributed by atoms with Crippen molar-refractivity contribution in [3.8, 4) is 0 Å². The van der Waals surface area contributed by atoms with Gasteiger partial charge < -0.3 is 0 Å². The highest BCUT2D eigenvalue weighted by Gasteiger charge is 2.35. The molecule has 0 bridgehead atoms. The second-order valence-corrected chi connectivity index (χ2v) is 8.69. The fourth-order valence-electron chi connectivity index (χ4n) is 5.45. The van der Waals surface area contributed by atoms with Crippen molar-refractivity contribution in [1.82, 2.24) is 0 Å². The lowest BCUT2D eigenvalue weighted by Crippen LogP contribution is -2.30. The van der Waals surface area contributed by atoms with Crippen LogP contribution in [0.2, 0.25) is 5.02 Å². The van der Waals surface area contributed by atoms with Gasteiger partial charge >= 0.3 is 0 Å². The summed E-state index contributed by atoms with van der Waals surface area (Å²) < 4.78 is 0. The average Bonchev–Trinajstić information content (AvgIpc) is 2.61. The number of hydrogen-bond acceptors (Lipinski definition) is 0. The van der Waals surface area contributed by atoms with Crippen LogP contribution in [-0.4, -0.2) is 0 Å². The molecule has 4 rings (SSSR count). The van der Waals surface area contributed by atoms with Crippen molar-refractivity contribution < 1.29 is 0 Å². The molecule has 0 spiro atoms. The molecule has 0 nitrogen and oxygen atoms in total. The van der Waals surface area contributed by atoms with E-state index in [1.54, 1.807) is 5.56 Å². The Morgan fingerprint density at radius 1 is 0.875 bits per heavy atom. The highest BCUT2D eigenvalue weighted by Crippen LogP contribution is 2.48. The first-order valence-corrected chi connectivity index (χ1v) is 10.3. The maximum Gasteiger partial charge on any atom is 0.0412 e. The van der Waals surface area contributed by atoms with Crippen molar-refractivity contribution in [3.63, 3.8) is 0 Å². The Kier molecular flexibility index (Phi) is 4.86. The van der Waals surface area contributed by atoms with Crippen LogP contribution in [0.25, 0.3) is 10.8 Å². The van der Waals surface area contributed by atoms with E-state index in [0.717, 1.165) is 28.7 Å². The van der Waals surface area contributed by atoms with Crippen LogP contribution in [0, 0.1) is 17.8 Å². The van der Waals surface area contributed by atoms with Gasteiger partial charge in [-0.1, -0.05) is 62.1 Å². The van der Waals surface area contributed by atoms with Crippen LogP contribution in [0.4, 0.5) is 0 Å². The summed E-state index contributed by atoms with van der Waals surface area (Å²) >= 11 is 6.12. The third-order valence-electron chi connectivity index (χ3n) is 6.72. The molecule has 2 aromatic carbocycles. The van der Waals surface area contributed by atoms with E-state index >= 15 is 0 Å². The summed E-state index contributed by atoms with van der Waals surface area (Å²) in [4.78, 5) is 0. The summed E-state index contributed by atoms with van der Waals surface area (Å²) in [6, 6.07) is 13.3. The van der Waals surface area contributed by atoms with E-state index in [4.69, 9.17) is 11.6 Å². The van der Waals surface area contributed by atoms with Crippen molar-refractivity contribution in [3.05, 3.63) is 47.0 Å². The maximum absolute atomic E-state index is 6.12. The summed E-state index contributed by atoms with van der Waals surface area (Å²) in [5.41, 5.74) is 1.55. The first kappa shape index (κ1) is 16.5. The third-order valence-corrected chi connectivity index (χ3v) is 6.95. The van der Waals surface area contributed by atoms with E-state index in [0.29, 0.717) is 0 Å². The summed E-state index contributed by atoms with van der Waals surface area (Å²) in [5.74, 6) is 3.80. The van der Waals surface area contributed by atoms with Crippen LogP contribution in [0.5, 0.6) is 0 Å². The van der Waals surface area contributed by atoms with Crippen LogP contribution < -0.4 is 0 Å². The molecule has 0 aromatic heterocycles. The molecule has 0 radical (unpaired) electrons. The molecule has 24 heavy (non-hydrogen) atoms. The Bertz CT molecular complexity index is 704. The van der Waals surface area contributed by atoms with E-state index in [-0.39, 0.29) is 0 Å². The van der Waals surface area contributed by atoms with Gasteiger partial charge in [-0.25, -0.2) is 0 Å². The molecule has 1 heteroatoms. The highest BCUT2D eigenvalue weighted by atomic mass is 35.5. The Balaban J connectivity index is 1.48. The molecule has 0 N–H and O–H groups in total. The fourth-order valence-corrected chi connectivity index (χ4v) is 5.63. The second kappa shape index (κ2) is 7.08. The van der Waals surface area contributed by atoms with E-state index in [1.165, 1.54) is 62.1 Å². The fraction of sp³-hybridized carbons (Fsp3) is 0.565. The molecule has 0 saturated heterocycles. The Labute approximate surface area is 151 Å². The van der Waals surface area contributed by atoms with Crippen molar-refractivity contribution in [2.45, 2.75) is 64.2 Å². The van der Waals surface area contributed by atoms with Gasteiger partial charge in [0.25, 0.3) is 0 Å². The smallest absolute Gasteiger partial charge is 0.0412 e. The van der Waals surface area contributed by atoms with Gasteiger partial charge in [0.1, 0.15) is 0 Å². The molecular formula is C23H29Cl. The van der Waals surface area contributed by atoms with Gasteiger partial charge in [-0.05, 0) is 84.2 Å². The minimum Gasteiger partial charge on any atom is -0.0843 e.